The number of ether oxygens (including phenoxy) is 1. The molecule has 4 fully saturated rings. The summed E-state index contributed by atoms with van der Waals surface area (Å²) in [4.78, 5) is 19.8. The Balaban J connectivity index is 1.33. The third kappa shape index (κ3) is 3.70. The van der Waals surface area contributed by atoms with E-state index in [-0.39, 0.29) is 35.4 Å². The number of aromatic nitrogens is 3. The normalized spacial score (nSPS) is 31.5. The highest BCUT2D eigenvalue weighted by atomic mass is 35.5. The first-order valence-corrected chi connectivity index (χ1v) is 12.5. The van der Waals surface area contributed by atoms with Gasteiger partial charge in [-0.3, -0.25) is 9.80 Å². The maximum absolute atomic E-state index is 15.0. The first-order valence-electron chi connectivity index (χ1n) is 12.1. The van der Waals surface area contributed by atoms with Crippen LogP contribution < -0.4 is 9.64 Å². The van der Waals surface area contributed by atoms with Crippen LogP contribution in [-0.2, 0) is 0 Å². The van der Waals surface area contributed by atoms with E-state index < -0.39 is 12.0 Å². The molecular formula is C23H29ClF2N6O2. The molecule has 6 heterocycles. The van der Waals surface area contributed by atoms with E-state index in [1.54, 1.807) is 0 Å². The number of aliphatic hydroxyl groups is 1. The number of hydrogen-bond donors (Lipinski definition) is 1. The number of aliphatic hydroxyl groups excluding tert-OH is 1. The number of alkyl halides is 1. The van der Waals surface area contributed by atoms with Crippen LogP contribution in [0.4, 0.5) is 14.6 Å². The van der Waals surface area contributed by atoms with E-state index in [1.165, 1.54) is 6.20 Å². The van der Waals surface area contributed by atoms with Gasteiger partial charge in [-0.05, 0) is 32.2 Å². The lowest BCUT2D eigenvalue weighted by atomic mass is 9.95. The van der Waals surface area contributed by atoms with Crippen LogP contribution in [0.2, 0.25) is 5.15 Å². The van der Waals surface area contributed by atoms with Gasteiger partial charge in [-0.25, -0.2) is 13.8 Å². The minimum absolute atomic E-state index is 0.0809. The first kappa shape index (κ1) is 22.6. The van der Waals surface area contributed by atoms with Crippen molar-refractivity contribution in [1.29, 1.82) is 0 Å². The second-order valence-electron chi connectivity index (χ2n) is 10.1. The van der Waals surface area contributed by atoms with Gasteiger partial charge in [-0.2, -0.15) is 9.97 Å². The fraction of sp³-hybridized carbons (Fsp3) is 0.696. The molecule has 8 nitrogen and oxygen atoms in total. The van der Waals surface area contributed by atoms with Gasteiger partial charge in [0.2, 0.25) is 0 Å². The molecular weight excluding hydrogens is 466 g/mol. The second kappa shape index (κ2) is 8.65. The second-order valence-corrected chi connectivity index (χ2v) is 10.4. The summed E-state index contributed by atoms with van der Waals surface area (Å²) < 4.78 is 35.3. The Bertz CT molecular complexity index is 1080. The van der Waals surface area contributed by atoms with Gasteiger partial charge in [0.1, 0.15) is 24.1 Å². The average Bonchev–Trinajstić information content (AvgIpc) is 3.41. The van der Waals surface area contributed by atoms with Gasteiger partial charge in [0.15, 0.2) is 11.0 Å². The van der Waals surface area contributed by atoms with E-state index in [0.717, 1.165) is 32.2 Å². The number of halogens is 3. The third-order valence-corrected chi connectivity index (χ3v) is 8.39. The minimum atomic E-state index is -0.856. The van der Waals surface area contributed by atoms with Crippen molar-refractivity contribution in [2.45, 2.75) is 55.9 Å². The molecule has 11 heteroatoms. The van der Waals surface area contributed by atoms with Crippen LogP contribution in [0.3, 0.4) is 0 Å². The van der Waals surface area contributed by atoms with E-state index in [2.05, 4.69) is 24.7 Å². The van der Waals surface area contributed by atoms with Gasteiger partial charge in [-0.15, -0.1) is 0 Å². The minimum Gasteiger partial charge on any atom is -0.461 e. The average molecular weight is 495 g/mol. The number of anilines is 1. The zero-order chi connectivity index (χ0) is 23.4. The molecule has 4 aliphatic heterocycles. The predicted octanol–water partition coefficient (Wildman–Crippen LogP) is 2.42. The molecule has 184 valence electrons. The molecule has 2 aromatic heterocycles. The highest BCUT2D eigenvalue weighted by Crippen LogP contribution is 2.41. The van der Waals surface area contributed by atoms with Gasteiger partial charge in [0, 0.05) is 50.9 Å². The van der Waals surface area contributed by atoms with Gasteiger partial charge >= 0.3 is 6.01 Å². The lowest BCUT2D eigenvalue weighted by molar-refractivity contribution is 0.107. The van der Waals surface area contributed by atoms with Crippen molar-refractivity contribution < 1.29 is 18.6 Å². The molecule has 2 aromatic rings. The summed E-state index contributed by atoms with van der Waals surface area (Å²) in [6.45, 7) is 3.79. The van der Waals surface area contributed by atoms with Gasteiger partial charge in [0.05, 0.1) is 17.5 Å². The van der Waals surface area contributed by atoms with Crippen LogP contribution in [0.15, 0.2) is 6.20 Å². The Morgan fingerprint density at radius 3 is 2.76 bits per heavy atom. The smallest absolute Gasteiger partial charge is 0.319 e. The molecule has 2 unspecified atom stereocenters. The molecule has 34 heavy (non-hydrogen) atoms. The lowest BCUT2D eigenvalue weighted by Gasteiger charge is -2.41. The zero-order valence-corrected chi connectivity index (χ0v) is 19.7. The Morgan fingerprint density at radius 2 is 2.00 bits per heavy atom. The number of pyridine rings is 1. The fourth-order valence-corrected chi connectivity index (χ4v) is 6.73. The third-order valence-electron chi connectivity index (χ3n) is 8.12. The van der Waals surface area contributed by atoms with Crippen molar-refractivity contribution in [2.24, 2.45) is 0 Å². The number of piperazine rings is 1. The molecule has 0 spiro atoms. The monoisotopic (exact) mass is 494 g/mol. The van der Waals surface area contributed by atoms with Crippen molar-refractivity contribution in [3.8, 4) is 6.01 Å². The van der Waals surface area contributed by atoms with E-state index in [0.29, 0.717) is 55.9 Å². The SMILES string of the molecule is OCCN1C2CCC1CN(c1nc(OC[C@@]34CCCN3C[C@H](F)C4)nc3c(F)c(Cl)ncc13)C2. The summed E-state index contributed by atoms with van der Waals surface area (Å²) in [6.07, 6.45) is 5.08. The summed E-state index contributed by atoms with van der Waals surface area (Å²) in [6, 6.07) is 0.685. The molecule has 0 amide bonds. The molecule has 4 saturated heterocycles. The summed E-state index contributed by atoms with van der Waals surface area (Å²) in [5.74, 6) is -0.112. The van der Waals surface area contributed by atoms with Crippen molar-refractivity contribution in [3.05, 3.63) is 17.2 Å². The molecule has 0 aromatic carbocycles. The van der Waals surface area contributed by atoms with Crippen LogP contribution in [-0.4, -0.2) is 99.6 Å². The lowest BCUT2D eigenvalue weighted by Crippen LogP contribution is -2.54. The van der Waals surface area contributed by atoms with Crippen molar-refractivity contribution >= 4 is 28.3 Å². The van der Waals surface area contributed by atoms with Crippen molar-refractivity contribution in [2.75, 3.05) is 50.8 Å². The number of fused-ring (bicyclic) bond motifs is 4. The van der Waals surface area contributed by atoms with E-state index in [9.17, 15) is 9.50 Å². The quantitative estimate of drug-likeness (QED) is 0.613. The predicted molar refractivity (Wildman–Crippen MR) is 124 cm³/mol. The Hall–Kier alpha value is -1.88. The molecule has 4 atom stereocenters. The Kier molecular flexibility index (Phi) is 5.75. The van der Waals surface area contributed by atoms with Gasteiger partial charge in [-0.1, -0.05) is 11.6 Å². The van der Waals surface area contributed by atoms with Crippen LogP contribution in [0.1, 0.15) is 32.1 Å². The highest BCUT2D eigenvalue weighted by molar-refractivity contribution is 6.30. The largest absolute Gasteiger partial charge is 0.461 e. The molecule has 6 rings (SSSR count). The first-order chi connectivity index (χ1) is 16.5. The Morgan fingerprint density at radius 1 is 1.21 bits per heavy atom. The molecule has 4 aliphatic rings. The van der Waals surface area contributed by atoms with Gasteiger partial charge < -0.3 is 14.7 Å². The van der Waals surface area contributed by atoms with Crippen LogP contribution >= 0.6 is 11.6 Å². The molecule has 0 saturated carbocycles. The maximum Gasteiger partial charge on any atom is 0.319 e. The fourth-order valence-electron chi connectivity index (χ4n) is 6.60. The summed E-state index contributed by atoms with van der Waals surface area (Å²) >= 11 is 5.98. The summed E-state index contributed by atoms with van der Waals surface area (Å²) in [5, 5.41) is 9.70. The van der Waals surface area contributed by atoms with E-state index in [1.807, 2.05) is 0 Å². The molecule has 0 aliphatic carbocycles. The summed E-state index contributed by atoms with van der Waals surface area (Å²) in [5.41, 5.74) is -0.262. The van der Waals surface area contributed by atoms with E-state index >= 15 is 4.39 Å². The van der Waals surface area contributed by atoms with Crippen LogP contribution in [0.25, 0.3) is 10.9 Å². The highest BCUT2D eigenvalue weighted by Gasteiger charge is 2.49. The number of hydrogen-bond acceptors (Lipinski definition) is 8. The number of rotatable bonds is 6. The number of nitrogens with zero attached hydrogens (tertiary/aromatic N) is 6. The zero-order valence-electron chi connectivity index (χ0n) is 19.0. The van der Waals surface area contributed by atoms with Gasteiger partial charge in [0.25, 0.3) is 0 Å². The Labute approximate surface area is 201 Å². The van der Waals surface area contributed by atoms with Crippen LogP contribution in [0, 0.1) is 5.82 Å². The van der Waals surface area contributed by atoms with Crippen molar-refractivity contribution in [1.82, 2.24) is 24.8 Å². The topological polar surface area (TPSA) is 77.9 Å². The van der Waals surface area contributed by atoms with E-state index in [4.69, 9.17) is 21.3 Å². The standard InChI is InChI=1S/C23H29ClF2N6O2/c24-20-18(26)19-17(9-27-20)21(30-11-15-2-3-16(12-30)32(15)6-7-33)29-22(28-19)34-13-23-4-1-5-31(23)10-14(25)8-23/h9,14-16,33H,1-8,10-13H2/t14-,15?,16?,23+/m1/s1. The summed E-state index contributed by atoms with van der Waals surface area (Å²) in [7, 11) is 0. The van der Waals surface area contributed by atoms with Crippen LogP contribution in [0.5, 0.6) is 6.01 Å². The molecule has 2 bridgehead atoms. The maximum atomic E-state index is 15.0. The van der Waals surface area contributed by atoms with Crippen molar-refractivity contribution in [3.63, 3.8) is 0 Å². The molecule has 0 radical (unpaired) electrons. The molecule has 1 N–H and O–H groups in total.